The van der Waals surface area contributed by atoms with Crippen LogP contribution in [0, 0.1) is 11.8 Å². The zero-order chi connectivity index (χ0) is 29.2. The quantitative estimate of drug-likeness (QED) is 0.273. The number of hydrogen-bond acceptors (Lipinski definition) is 8. The monoisotopic (exact) mass is 568 g/mol. The van der Waals surface area contributed by atoms with E-state index < -0.39 is 0 Å². The van der Waals surface area contributed by atoms with Crippen LogP contribution in [0.2, 0.25) is 0 Å². The summed E-state index contributed by atoms with van der Waals surface area (Å²) < 4.78 is 16.6. The molecular formula is C31H44N4O6. The van der Waals surface area contributed by atoms with Gasteiger partial charge >= 0.3 is 5.97 Å². The standard InChI is InChI=1S/C31H44N4O6/c1-4-20(3)30-34-27(35-41-30)21-6-8-22(9-7-21)28(36)32-18-19-33-29(37)23-10-14-25(15-11-23)40-26-16-12-24(13-17-26)31(38)39-5-2/h10-11,14-15,20-22,24,26H,4-9,12-13,16-19H2,1-3H3,(H,32,36)(H,33,37). The Morgan fingerprint density at radius 2 is 1.59 bits per heavy atom. The molecule has 0 saturated heterocycles. The number of carbonyl (C=O) groups excluding carboxylic acids is 3. The summed E-state index contributed by atoms with van der Waals surface area (Å²) in [6, 6.07) is 7.07. The second kappa shape index (κ2) is 15.0. The third kappa shape index (κ3) is 8.53. The van der Waals surface area contributed by atoms with Gasteiger partial charge in [-0.05, 0) is 89.0 Å². The van der Waals surface area contributed by atoms with Gasteiger partial charge in [-0.15, -0.1) is 0 Å². The van der Waals surface area contributed by atoms with Crippen LogP contribution in [0.15, 0.2) is 28.8 Å². The van der Waals surface area contributed by atoms with Crippen LogP contribution in [-0.4, -0.2) is 53.7 Å². The lowest BCUT2D eigenvalue weighted by Gasteiger charge is -2.27. The van der Waals surface area contributed by atoms with Crippen molar-refractivity contribution in [2.45, 2.75) is 96.5 Å². The first-order valence-corrected chi connectivity index (χ1v) is 15.2. The van der Waals surface area contributed by atoms with E-state index in [1.807, 2.05) is 6.92 Å². The first-order valence-electron chi connectivity index (χ1n) is 15.2. The minimum absolute atomic E-state index is 0.0314. The molecule has 1 heterocycles. The number of ether oxygens (including phenoxy) is 2. The van der Waals surface area contributed by atoms with Crippen LogP contribution >= 0.6 is 0 Å². The van der Waals surface area contributed by atoms with Crippen LogP contribution in [0.25, 0.3) is 0 Å². The fourth-order valence-corrected chi connectivity index (χ4v) is 5.56. The summed E-state index contributed by atoms with van der Waals surface area (Å²) >= 11 is 0. The van der Waals surface area contributed by atoms with Gasteiger partial charge in [0.25, 0.3) is 5.91 Å². The fraction of sp³-hybridized carbons (Fsp3) is 0.645. The Balaban J connectivity index is 1.11. The van der Waals surface area contributed by atoms with Crippen molar-refractivity contribution in [3.8, 4) is 5.75 Å². The van der Waals surface area contributed by atoms with Gasteiger partial charge in [0, 0.05) is 36.4 Å². The normalized spacial score (nSPS) is 23.3. The zero-order valence-electron chi connectivity index (χ0n) is 24.5. The Labute approximate surface area is 242 Å². The minimum Gasteiger partial charge on any atom is -0.490 e. The van der Waals surface area contributed by atoms with Gasteiger partial charge in [0.2, 0.25) is 11.8 Å². The summed E-state index contributed by atoms with van der Waals surface area (Å²) in [6.07, 6.45) is 7.45. The maximum atomic E-state index is 12.7. The van der Waals surface area contributed by atoms with Gasteiger partial charge in [0.1, 0.15) is 5.75 Å². The van der Waals surface area contributed by atoms with Crippen molar-refractivity contribution in [2.75, 3.05) is 19.7 Å². The molecule has 224 valence electrons. The molecule has 2 amide bonds. The number of nitrogens with one attached hydrogen (secondary N) is 2. The van der Waals surface area contributed by atoms with Crippen molar-refractivity contribution in [1.82, 2.24) is 20.8 Å². The molecule has 10 heteroatoms. The third-order valence-corrected chi connectivity index (χ3v) is 8.38. The summed E-state index contributed by atoms with van der Waals surface area (Å²) in [5.41, 5.74) is 0.533. The molecule has 2 fully saturated rings. The number of hydrogen-bond donors (Lipinski definition) is 2. The SMILES string of the molecule is CCOC(=O)C1CCC(Oc2ccc(C(=O)NCCNC(=O)C3CCC(c4noc(C(C)CC)n4)CC3)cc2)CC1. The predicted octanol–water partition coefficient (Wildman–Crippen LogP) is 4.90. The molecule has 41 heavy (non-hydrogen) atoms. The van der Waals surface area contributed by atoms with Crippen LogP contribution in [0.1, 0.15) is 112 Å². The van der Waals surface area contributed by atoms with E-state index in [1.165, 1.54) is 0 Å². The van der Waals surface area contributed by atoms with Crippen LogP contribution in [0.4, 0.5) is 0 Å². The predicted molar refractivity (Wildman–Crippen MR) is 152 cm³/mol. The first kappa shape index (κ1) is 30.5. The highest BCUT2D eigenvalue weighted by atomic mass is 16.5. The Hall–Kier alpha value is -3.43. The number of esters is 1. The van der Waals surface area contributed by atoms with Crippen molar-refractivity contribution >= 4 is 17.8 Å². The van der Waals surface area contributed by atoms with Gasteiger partial charge in [-0.25, -0.2) is 0 Å². The summed E-state index contributed by atoms with van der Waals surface area (Å²) in [4.78, 5) is 41.7. The second-order valence-electron chi connectivity index (χ2n) is 11.3. The molecule has 10 nitrogen and oxygen atoms in total. The summed E-state index contributed by atoms with van der Waals surface area (Å²) in [5, 5.41) is 10.00. The Bertz CT molecular complexity index is 1130. The molecule has 4 rings (SSSR count). The van der Waals surface area contributed by atoms with E-state index in [2.05, 4.69) is 34.6 Å². The van der Waals surface area contributed by atoms with E-state index in [0.717, 1.165) is 63.6 Å². The molecular weight excluding hydrogens is 524 g/mol. The molecule has 2 aliphatic carbocycles. The number of aromatic nitrogens is 2. The second-order valence-corrected chi connectivity index (χ2v) is 11.3. The highest BCUT2D eigenvalue weighted by molar-refractivity contribution is 5.94. The van der Waals surface area contributed by atoms with Crippen LogP contribution in [-0.2, 0) is 14.3 Å². The minimum atomic E-state index is -0.196. The van der Waals surface area contributed by atoms with Crippen LogP contribution < -0.4 is 15.4 Å². The molecule has 1 aromatic carbocycles. The summed E-state index contributed by atoms with van der Waals surface area (Å²) in [5.74, 6) is 2.32. The highest BCUT2D eigenvalue weighted by Gasteiger charge is 2.30. The van der Waals surface area contributed by atoms with E-state index >= 15 is 0 Å². The first-order chi connectivity index (χ1) is 19.9. The maximum absolute atomic E-state index is 12.7. The van der Waals surface area contributed by atoms with Crippen LogP contribution in [0.3, 0.4) is 0 Å². The summed E-state index contributed by atoms with van der Waals surface area (Å²) in [6.45, 7) is 7.14. The Kier molecular flexibility index (Phi) is 11.2. The highest BCUT2D eigenvalue weighted by Crippen LogP contribution is 2.35. The topological polar surface area (TPSA) is 133 Å². The lowest BCUT2D eigenvalue weighted by Crippen LogP contribution is -2.38. The van der Waals surface area contributed by atoms with E-state index in [9.17, 15) is 14.4 Å². The third-order valence-electron chi connectivity index (χ3n) is 8.38. The molecule has 2 aromatic rings. The van der Waals surface area contributed by atoms with Gasteiger partial charge in [-0.1, -0.05) is 19.0 Å². The largest absolute Gasteiger partial charge is 0.490 e. The number of benzene rings is 1. The number of rotatable bonds is 12. The molecule has 0 aliphatic heterocycles. The average Bonchev–Trinajstić information content (AvgIpc) is 3.50. The molecule has 0 radical (unpaired) electrons. The van der Waals surface area contributed by atoms with E-state index in [0.29, 0.717) is 36.9 Å². The van der Waals surface area contributed by atoms with Crippen molar-refractivity contribution < 1.29 is 28.4 Å². The molecule has 1 atom stereocenters. The Morgan fingerprint density at radius 1 is 0.927 bits per heavy atom. The molecule has 0 spiro atoms. The number of nitrogens with zero attached hydrogens (tertiary/aromatic N) is 2. The van der Waals surface area contributed by atoms with Crippen LogP contribution in [0.5, 0.6) is 5.75 Å². The van der Waals surface area contributed by atoms with E-state index in [1.54, 1.807) is 24.3 Å². The fourth-order valence-electron chi connectivity index (χ4n) is 5.56. The average molecular weight is 569 g/mol. The van der Waals surface area contributed by atoms with Crippen molar-refractivity contribution in [2.24, 2.45) is 11.8 Å². The molecule has 1 aromatic heterocycles. The molecule has 2 saturated carbocycles. The number of carbonyl (C=O) groups is 3. The van der Waals surface area contributed by atoms with Gasteiger partial charge in [0.05, 0.1) is 18.6 Å². The van der Waals surface area contributed by atoms with Gasteiger partial charge in [-0.2, -0.15) is 4.98 Å². The smallest absolute Gasteiger partial charge is 0.308 e. The summed E-state index contributed by atoms with van der Waals surface area (Å²) in [7, 11) is 0. The lowest BCUT2D eigenvalue weighted by molar-refractivity contribution is -0.149. The van der Waals surface area contributed by atoms with Gasteiger partial charge in [-0.3, -0.25) is 14.4 Å². The van der Waals surface area contributed by atoms with Crippen molar-refractivity contribution in [3.63, 3.8) is 0 Å². The van der Waals surface area contributed by atoms with Gasteiger partial charge in [0.15, 0.2) is 5.82 Å². The molecule has 2 N–H and O–H groups in total. The van der Waals surface area contributed by atoms with E-state index in [4.69, 9.17) is 14.0 Å². The Morgan fingerprint density at radius 3 is 2.24 bits per heavy atom. The molecule has 0 bridgehead atoms. The van der Waals surface area contributed by atoms with Crippen molar-refractivity contribution in [3.05, 3.63) is 41.5 Å². The molecule has 1 unspecified atom stereocenters. The van der Waals surface area contributed by atoms with E-state index in [-0.39, 0.29) is 47.6 Å². The molecule has 2 aliphatic rings. The van der Waals surface area contributed by atoms with Gasteiger partial charge < -0.3 is 24.6 Å². The maximum Gasteiger partial charge on any atom is 0.308 e. The zero-order valence-corrected chi connectivity index (χ0v) is 24.5. The number of amides is 2. The lowest BCUT2D eigenvalue weighted by atomic mass is 9.81. The van der Waals surface area contributed by atoms with Crippen molar-refractivity contribution in [1.29, 1.82) is 0 Å².